The average Bonchev–Trinajstić information content (AvgIpc) is 2.39. The van der Waals surface area contributed by atoms with E-state index in [4.69, 9.17) is 5.11 Å². The molecule has 2 nitrogen and oxygen atoms in total. The number of rotatable bonds is 5. The Hall–Kier alpha value is -1.83. The molecule has 0 fully saturated rings. The van der Waals surface area contributed by atoms with Crippen LogP contribution in [0.2, 0.25) is 0 Å². The van der Waals surface area contributed by atoms with E-state index in [1.54, 1.807) is 0 Å². The second-order valence-corrected chi connectivity index (χ2v) is 4.61. The van der Waals surface area contributed by atoms with Crippen molar-refractivity contribution in [1.29, 1.82) is 0 Å². The Balaban J connectivity index is 2.35. The molecule has 2 rings (SSSR count). The predicted octanol–water partition coefficient (Wildman–Crippen LogP) is 4.20. The molecule has 0 spiro atoms. The first kappa shape index (κ1) is 12.6. The van der Waals surface area contributed by atoms with Gasteiger partial charge in [-0.15, -0.1) is 0 Å². The molecule has 0 bridgehead atoms. The van der Waals surface area contributed by atoms with Gasteiger partial charge in [0.2, 0.25) is 0 Å². The Morgan fingerprint density at radius 2 is 1.89 bits per heavy atom. The Labute approximate surface area is 107 Å². The summed E-state index contributed by atoms with van der Waals surface area (Å²) in [7, 11) is 0. The average molecular weight is 242 g/mol. The van der Waals surface area contributed by atoms with E-state index in [9.17, 15) is 4.79 Å². The zero-order valence-corrected chi connectivity index (χ0v) is 10.6. The predicted molar refractivity (Wildman–Crippen MR) is 73.8 cm³/mol. The minimum absolute atomic E-state index is 0.238. The second kappa shape index (κ2) is 5.67. The first-order valence-electron chi connectivity index (χ1n) is 6.41. The summed E-state index contributed by atoms with van der Waals surface area (Å²) in [6.45, 7) is 2.12. The normalized spacial score (nSPS) is 12.5. The number of hydrogen-bond acceptors (Lipinski definition) is 1. The summed E-state index contributed by atoms with van der Waals surface area (Å²) in [6, 6.07) is 14.6. The molecule has 1 unspecified atom stereocenters. The smallest absolute Gasteiger partial charge is 0.303 e. The molecule has 0 saturated heterocycles. The van der Waals surface area contributed by atoms with Crippen LogP contribution >= 0.6 is 0 Å². The van der Waals surface area contributed by atoms with Crippen molar-refractivity contribution in [2.75, 3.05) is 0 Å². The van der Waals surface area contributed by atoms with Gasteiger partial charge < -0.3 is 5.11 Å². The Kier molecular flexibility index (Phi) is 3.98. The lowest BCUT2D eigenvalue weighted by molar-refractivity contribution is -0.137. The molecule has 0 aliphatic rings. The molecule has 94 valence electrons. The van der Waals surface area contributed by atoms with E-state index in [2.05, 4.69) is 37.3 Å². The number of aliphatic carboxylic acids is 1. The molecule has 1 atom stereocenters. The fourth-order valence-corrected chi connectivity index (χ4v) is 2.48. The Bertz CT molecular complexity index is 540. The number of carbonyl (C=O) groups is 1. The van der Waals surface area contributed by atoms with Gasteiger partial charge in [-0.1, -0.05) is 49.4 Å². The highest BCUT2D eigenvalue weighted by Gasteiger charge is 2.13. The van der Waals surface area contributed by atoms with Crippen LogP contribution in [0.1, 0.15) is 37.7 Å². The summed E-state index contributed by atoms with van der Waals surface area (Å²) in [5, 5.41) is 11.3. The third-order valence-corrected chi connectivity index (χ3v) is 3.46. The van der Waals surface area contributed by atoms with Crippen LogP contribution in [0.5, 0.6) is 0 Å². The van der Waals surface area contributed by atoms with Crippen molar-refractivity contribution in [3.63, 3.8) is 0 Å². The van der Waals surface area contributed by atoms with Crippen LogP contribution in [-0.4, -0.2) is 11.1 Å². The Morgan fingerprint density at radius 1 is 1.17 bits per heavy atom. The summed E-state index contributed by atoms with van der Waals surface area (Å²) in [5.74, 6) is -0.388. The maximum atomic E-state index is 10.7. The minimum atomic E-state index is -0.714. The topological polar surface area (TPSA) is 37.3 Å². The van der Waals surface area contributed by atoms with Crippen LogP contribution in [0.4, 0.5) is 0 Å². The lowest BCUT2D eigenvalue weighted by Gasteiger charge is -2.16. The number of hydrogen-bond donors (Lipinski definition) is 1. The van der Waals surface area contributed by atoms with Gasteiger partial charge in [-0.3, -0.25) is 4.79 Å². The third-order valence-electron chi connectivity index (χ3n) is 3.46. The minimum Gasteiger partial charge on any atom is -0.481 e. The van der Waals surface area contributed by atoms with Crippen molar-refractivity contribution in [3.8, 4) is 0 Å². The summed E-state index contributed by atoms with van der Waals surface area (Å²) < 4.78 is 0. The van der Waals surface area contributed by atoms with E-state index in [0.717, 1.165) is 6.42 Å². The van der Waals surface area contributed by atoms with Gasteiger partial charge in [0.1, 0.15) is 0 Å². The molecule has 0 aromatic heterocycles. The number of carboxylic acids is 1. The molecule has 1 N–H and O–H groups in total. The monoisotopic (exact) mass is 242 g/mol. The Morgan fingerprint density at radius 3 is 2.61 bits per heavy atom. The molecule has 0 amide bonds. The standard InChI is InChI=1S/C16H18O2/c1-2-12(10-11-16(17)18)14-9-5-7-13-6-3-4-8-15(13)14/h3-9,12H,2,10-11H2,1H3,(H,17,18). The molecular weight excluding hydrogens is 224 g/mol. The molecule has 0 aliphatic heterocycles. The fourth-order valence-electron chi connectivity index (χ4n) is 2.48. The summed E-state index contributed by atoms with van der Waals surface area (Å²) >= 11 is 0. The summed E-state index contributed by atoms with van der Waals surface area (Å²) in [6.07, 6.45) is 1.92. The third kappa shape index (κ3) is 2.70. The molecule has 2 aromatic rings. The van der Waals surface area contributed by atoms with Crippen LogP contribution in [0.3, 0.4) is 0 Å². The molecular formula is C16H18O2. The lowest BCUT2D eigenvalue weighted by atomic mass is 9.88. The van der Waals surface area contributed by atoms with E-state index >= 15 is 0 Å². The molecule has 0 saturated carbocycles. The van der Waals surface area contributed by atoms with Gasteiger partial charge >= 0.3 is 5.97 Å². The molecule has 2 aromatic carbocycles. The summed E-state index contributed by atoms with van der Waals surface area (Å²) in [5.41, 5.74) is 1.27. The van der Waals surface area contributed by atoms with Gasteiger partial charge in [-0.2, -0.15) is 0 Å². The van der Waals surface area contributed by atoms with Gasteiger partial charge in [0, 0.05) is 6.42 Å². The lowest BCUT2D eigenvalue weighted by Crippen LogP contribution is -2.03. The zero-order valence-electron chi connectivity index (χ0n) is 10.6. The molecule has 2 heteroatoms. The van der Waals surface area contributed by atoms with Gasteiger partial charge in [-0.25, -0.2) is 0 Å². The quantitative estimate of drug-likeness (QED) is 0.853. The van der Waals surface area contributed by atoms with Crippen LogP contribution in [-0.2, 0) is 4.79 Å². The maximum Gasteiger partial charge on any atom is 0.303 e. The zero-order chi connectivity index (χ0) is 13.0. The van der Waals surface area contributed by atoms with E-state index < -0.39 is 5.97 Å². The van der Waals surface area contributed by atoms with Crippen molar-refractivity contribution in [2.24, 2.45) is 0 Å². The van der Waals surface area contributed by atoms with Crippen molar-refractivity contribution in [3.05, 3.63) is 48.0 Å². The van der Waals surface area contributed by atoms with Crippen LogP contribution in [0.15, 0.2) is 42.5 Å². The van der Waals surface area contributed by atoms with Crippen LogP contribution < -0.4 is 0 Å². The van der Waals surface area contributed by atoms with Gasteiger partial charge in [0.15, 0.2) is 0 Å². The molecule has 0 radical (unpaired) electrons. The second-order valence-electron chi connectivity index (χ2n) is 4.61. The van der Waals surface area contributed by atoms with Gasteiger partial charge in [0.05, 0.1) is 0 Å². The van der Waals surface area contributed by atoms with E-state index in [-0.39, 0.29) is 6.42 Å². The fraction of sp³-hybridized carbons (Fsp3) is 0.312. The first-order valence-corrected chi connectivity index (χ1v) is 6.41. The SMILES string of the molecule is CCC(CCC(=O)O)c1cccc2ccccc12. The van der Waals surface area contributed by atoms with Gasteiger partial charge in [0.25, 0.3) is 0 Å². The van der Waals surface area contributed by atoms with Gasteiger partial charge in [-0.05, 0) is 35.1 Å². The number of carboxylic acid groups (broad SMARTS) is 1. The van der Waals surface area contributed by atoms with Crippen LogP contribution in [0, 0.1) is 0 Å². The summed E-state index contributed by atoms with van der Waals surface area (Å²) in [4.78, 5) is 10.7. The first-order chi connectivity index (χ1) is 8.72. The van der Waals surface area contributed by atoms with Crippen molar-refractivity contribution >= 4 is 16.7 Å². The van der Waals surface area contributed by atoms with E-state index in [0.29, 0.717) is 12.3 Å². The van der Waals surface area contributed by atoms with Crippen molar-refractivity contribution in [2.45, 2.75) is 32.1 Å². The van der Waals surface area contributed by atoms with Crippen molar-refractivity contribution < 1.29 is 9.90 Å². The van der Waals surface area contributed by atoms with Crippen LogP contribution in [0.25, 0.3) is 10.8 Å². The van der Waals surface area contributed by atoms with Crippen molar-refractivity contribution in [1.82, 2.24) is 0 Å². The van der Waals surface area contributed by atoms with E-state index in [1.807, 2.05) is 12.1 Å². The molecule has 0 aliphatic carbocycles. The number of benzene rings is 2. The molecule has 0 heterocycles. The highest BCUT2D eigenvalue weighted by Crippen LogP contribution is 2.30. The number of fused-ring (bicyclic) bond motifs is 1. The molecule has 18 heavy (non-hydrogen) atoms. The maximum absolute atomic E-state index is 10.7. The highest BCUT2D eigenvalue weighted by atomic mass is 16.4. The van der Waals surface area contributed by atoms with E-state index in [1.165, 1.54) is 16.3 Å². The largest absolute Gasteiger partial charge is 0.481 e. The highest BCUT2D eigenvalue weighted by molar-refractivity contribution is 5.86.